The molecule has 4 rings (SSSR count). The number of rotatable bonds is 6. The fourth-order valence-corrected chi connectivity index (χ4v) is 4.58. The largest absolute Gasteiger partial charge is 0.497 e. The van der Waals surface area contributed by atoms with Crippen molar-refractivity contribution in [3.63, 3.8) is 0 Å². The molecule has 0 radical (unpaired) electrons. The van der Waals surface area contributed by atoms with Gasteiger partial charge in [0.2, 0.25) is 11.8 Å². The molecular weight excluding hydrogens is 390 g/mol. The highest BCUT2D eigenvalue weighted by Gasteiger charge is 2.28. The summed E-state index contributed by atoms with van der Waals surface area (Å²) < 4.78 is 5.21. The molecule has 1 aliphatic heterocycles. The van der Waals surface area contributed by atoms with Crippen LogP contribution in [0.15, 0.2) is 48.5 Å². The van der Waals surface area contributed by atoms with Crippen molar-refractivity contribution >= 4 is 17.5 Å². The Labute approximate surface area is 183 Å². The van der Waals surface area contributed by atoms with Crippen LogP contribution in [0.5, 0.6) is 5.75 Å². The number of benzene rings is 2. The van der Waals surface area contributed by atoms with Crippen molar-refractivity contribution < 1.29 is 14.3 Å². The number of hydrogen-bond acceptors (Lipinski definition) is 4. The third-order valence-electron chi connectivity index (χ3n) is 6.52. The van der Waals surface area contributed by atoms with Crippen LogP contribution in [0.4, 0.5) is 5.69 Å². The summed E-state index contributed by atoms with van der Waals surface area (Å²) in [6, 6.07) is 15.5. The van der Waals surface area contributed by atoms with Gasteiger partial charge in [-0.25, -0.2) is 0 Å². The second kappa shape index (κ2) is 9.96. The minimum absolute atomic E-state index is 0.0228. The molecule has 0 saturated heterocycles. The lowest BCUT2D eigenvalue weighted by Crippen LogP contribution is -2.48. The Morgan fingerprint density at radius 2 is 1.77 bits per heavy atom. The fourth-order valence-electron chi connectivity index (χ4n) is 4.58. The van der Waals surface area contributed by atoms with E-state index < -0.39 is 0 Å². The van der Waals surface area contributed by atoms with Crippen LogP contribution in [0.2, 0.25) is 0 Å². The molecule has 2 aromatic carbocycles. The summed E-state index contributed by atoms with van der Waals surface area (Å²) in [5, 5.41) is 9.48. The topological polar surface area (TPSA) is 79.5 Å². The molecule has 1 saturated carbocycles. The highest BCUT2D eigenvalue weighted by Crippen LogP contribution is 2.30. The van der Waals surface area contributed by atoms with Gasteiger partial charge in [0, 0.05) is 30.8 Å². The number of nitrogens with one attached hydrogen (secondary N) is 3. The lowest BCUT2D eigenvalue weighted by atomic mass is 9.81. The van der Waals surface area contributed by atoms with Crippen LogP contribution < -0.4 is 20.7 Å². The maximum atomic E-state index is 12.6. The van der Waals surface area contributed by atoms with E-state index in [-0.39, 0.29) is 23.8 Å². The molecule has 2 amide bonds. The molecule has 2 aromatic rings. The summed E-state index contributed by atoms with van der Waals surface area (Å²) >= 11 is 0. The van der Waals surface area contributed by atoms with Gasteiger partial charge in [-0.1, -0.05) is 30.3 Å². The Balaban J connectivity index is 1.20. The summed E-state index contributed by atoms with van der Waals surface area (Å²) in [4.78, 5) is 25.2. The highest BCUT2D eigenvalue weighted by molar-refractivity contribution is 5.92. The Bertz CT molecular complexity index is 922. The summed E-state index contributed by atoms with van der Waals surface area (Å²) in [6.45, 7) is 1.42. The molecule has 164 valence electrons. The van der Waals surface area contributed by atoms with Gasteiger partial charge in [-0.3, -0.25) is 9.59 Å². The predicted molar refractivity (Wildman–Crippen MR) is 121 cm³/mol. The van der Waals surface area contributed by atoms with Gasteiger partial charge in [0.05, 0.1) is 13.2 Å². The lowest BCUT2D eigenvalue weighted by Gasteiger charge is -2.29. The maximum Gasteiger partial charge on any atom is 0.237 e. The molecular formula is C25H31N3O3. The van der Waals surface area contributed by atoms with E-state index in [0.717, 1.165) is 50.1 Å². The molecule has 0 spiro atoms. The van der Waals surface area contributed by atoms with E-state index in [1.165, 1.54) is 11.1 Å². The number of methoxy groups -OCH3 is 1. The van der Waals surface area contributed by atoms with Gasteiger partial charge in [-0.15, -0.1) is 0 Å². The normalized spacial score (nSPS) is 22.8. The molecule has 3 N–H and O–H groups in total. The van der Waals surface area contributed by atoms with E-state index in [4.69, 9.17) is 4.74 Å². The van der Waals surface area contributed by atoms with Crippen molar-refractivity contribution in [3.05, 3.63) is 59.7 Å². The van der Waals surface area contributed by atoms with Crippen LogP contribution in [0.3, 0.4) is 0 Å². The van der Waals surface area contributed by atoms with Crippen LogP contribution in [0, 0.1) is 11.8 Å². The number of carbonyl (C=O) groups excluding carboxylic acids is 2. The first-order valence-corrected chi connectivity index (χ1v) is 11.1. The fraction of sp³-hybridized carbons (Fsp3) is 0.440. The number of carbonyl (C=O) groups is 2. The highest BCUT2D eigenvalue weighted by atomic mass is 16.5. The number of ether oxygens (including phenoxy) is 1. The van der Waals surface area contributed by atoms with Crippen LogP contribution in [0.1, 0.15) is 36.8 Å². The molecule has 1 fully saturated rings. The summed E-state index contributed by atoms with van der Waals surface area (Å²) in [6.07, 6.45) is 4.35. The van der Waals surface area contributed by atoms with Crippen molar-refractivity contribution in [1.29, 1.82) is 0 Å². The van der Waals surface area contributed by atoms with Gasteiger partial charge >= 0.3 is 0 Å². The molecule has 0 aromatic heterocycles. The van der Waals surface area contributed by atoms with Crippen LogP contribution in [0.25, 0.3) is 0 Å². The van der Waals surface area contributed by atoms with E-state index in [1.807, 2.05) is 36.4 Å². The zero-order valence-electron chi connectivity index (χ0n) is 18.0. The Morgan fingerprint density at radius 1 is 1.00 bits per heavy atom. The Kier molecular flexibility index (Phi) is 6.87. The number of fused-ring (bicyclic) bond motifs is 1. The maximum absolute atomic E-state index is 12.6. The van der Waals surface area contributed by atoms with Crippen molar-refractivity contribution in [2.24, 2.45) is 11.8 Å². The van der Waals surface area contributed by atoms with Crippen LogP contribution >= 0.6 is 0 Å². The molecule has 31 heavy (non-hydrogen) atoms. The summed E-state index contributed by atoms with van der Waals surface area (Å²) in [7, 11) is 1.62. The molecule has 2 aliphatic rings. The molecule has 1 aliphatic carbocycles. The first-order chi connectivity index (χ1) is 15.1. The minimum atomic E-state index is -0.167. The van der Waals surface area contributed by atoms with Crippen molar-refractivity contribution in [2.75, 3.05) is 19.0 Å². The first-order valence-electron chi connectivity index (χ1n) is 11.1. The second-order valence-electron chi connectivity index (χ2n) is 8.59. The summed E-state index contributed by atoms with van der Waals surface area (Å²) in [5.41, 5.74) is 3.29. The molecule has 0 unspecified atom stereocenters. The lowest BCUT2D eigenvalue weighted by molar-refractivity contribution is -0.124. The van der Waals surface area contributed by atoms with Crippen molar-refractivity contribution in [2.45, 2.75) is 44.7 Å². The number of anilines is 1. The summed E-state index contributed by atoms with van der Waals surface area (Å²) in [5.74, 6) is 1.33. The number of hydrogen-bond donors (Lipinski definition) is 3. The molecule has 1 atom stereocenters. The van der Waals surface area contributed by atoms with Gasteiger partial charge < -0.3 is 20.7 Å². The molecule has 0 bridgehead atoms. The van der Waals surface area contributed by atoms with Gasteiger partial charge in [0.25, 0.3) is 0 Å². The SMILES string of the molecule is COc1cccc(NC(=O)C2CCC(CNC(=O)[C@@H]3Cc4ccccc4CN3)CC2)c1. The standard InChI is InChI=1S/C25H31N3O3/c1-31-22-8-4-7-21(14-22)28-24(29)18-11-9-17(10-12-18)15-27-25(30)23-13-19-5-2-3-6-20(19)16-26-23/h2-8,14,17-18,23,26H,9-13,15-16H2,1H3,(H,27,30)(H,28,29)/t17?,18?,23-/m0/s1. The van der Waals surface area contributed by atoms with E-state index in [0.29, 0.717) is 12.5 Å². The van der Waals surface area contributed by atoms with Gasteiger partial charge in [0.1, 0.15) is 5.75 Å². The zero-order valence-corrected chi connectivity index (χ0v) is 18.0. The number of amides is 2. The van der Waals surface area contributed by atoms with Gasteiger partial charge in [0.15, 0.2) is 0 Å². The van der Waals surface area contributed by atoms with E-state index in [9.17, 15) is 9.59 Å². The Hall–Kier alpha value is -2.86. The third kappa shape index (κ3) is 5.44. The van der Waals surface area contributed by atoms with Crippen molar-refractivity contribution in [1.82, 2.24) is 10.6 Å². The van der Waals surface area contributed by atoms with Gasteiger partial charge in [-0.2, -0.15) is 0 Å². The Morgan fingerprint density at radius 3 is 2.55 bits per heavy atom. The van der Waals surface area contributed by atoms with E-state index in [1.54, 1.807) is 7.11 Å². The predicted octanol–water partition coefficient (Wildman–Crippen LogP) is 3.27. The average molecular weight is 422 g/mol. The first kappa shape index (κ1) is 21.4. The van der Waals surface area contributed by atoms with Crippen molar-refractivity contribution in [3.8, 4) is 5.75 Å². The van der Waals surface area contributed by atoms with Crippen LogP contribution in [-0.2, 0) is 22.6 Å². The zero-order chi connectivity index (χ0) is 21.6. The van der Waals surface area contributed by atoms with E-state index in [2.05, 4.69) is 28.1 Å². The van der Waals surface area contributed by atoms with Gasteiger partial charge in [-0.05, 0) is 61.3 Å². The molecule has 6 heteroatoms. The van der Waals surface area contributed by atoms with Crippen LogP contribution in [-0.4, -0.2) is 31.5 Å². The molecule has 1 heterocycles. The smallest absolute Gasteiger partial charge is 0.237 e. The third-order valence-corrected chi connectivity index (χ3v) is 6.52. The second-order valence-corrected chi connectivity index (χ2v) is 8.59. The minimum Gasteiger partial charge on any atom is -0.497 e. The quantitative estimate of drug-likeness (QED) is 0.669. The van der Waals surface area contributed by atoms with E-state index >= 15 is 0 Å². The average Bonchev–Trinajstić information content (AvgIpc) is 2.82. The monoisotopic (exact) mass is 421 g/mol. The molecule has 6 nitrogen and oxygen atoms in total.